The Bertz CT molecular complexity index is 635. The first kappa shape index (κ1) is 12.1. The third-order valence-electron chi connectivity index (χ3n) is 4.03. The van der Waals surface area contributed by atoms with Crippen molar-refractivity contribution in [3.05, 3.63) is 58.7 Å². The Morgan fingerprint density at radius 2 is 1.95 bits per heavy atom. The van der Waals surface area contributed by atoms with Crippen molar-refractivity contribution in [3.63, 3.8) is 0 Å². The summed E-state index contributed by atoms with van der Waals surface area (Å²) in [6.45, 7) is 3.22. The molecule has 0 aromatic heterocycles. The molecule has 2 aliphatic carbocycles. The second kappa shape index (κ2) is 4.30. The zero-order chi connectivity index (χ0) is 13.6. The number of Topliss-reactive ketones (excluding diaryl/α,β-unsaturated/α-hetero) is 2. The number of allylic oxidation sites excluding steroid dienone is 4. The lowest BCUT2D eigenvalue weighted by Gasteiger charge is -2.41. The molecule has 0 N–H and O–H groups in total. The van der Waals surface area contributed by atoms with Gasteiger partial charge in [0, 0.05) is 23.8 Å². The summed E-state index contributed by atoms with van der Waals surface area (Å²) < 4.78 is 0. The average Bonchev–Trinajstić information content (AvgIpc) is 2.34. The van der Waals surface area contributed by atoms with Crippen LogP contribution < -0.4 is 0 Å². The van der Waals surface area contributed by atoms with Crippen molar-refractivity contribution in [2.75, 3.05) is 0 Å². The first-order chi connectivity index (χ1) is 9.08. The van der Waals surface area contributed by atoms with E-state index in [1.54, 1.807) is 13.8 Å². The van der Waals surface area contributed by atoms with Crippen LogP contribution in [0.15, 0.2) is 42.0 Å². The zero-order valence-electron chi connectivity index (χ0n) is 11.1. The molecule has 0 heterocycles. The molecule has 96 valence electrons. The molecular formula is C17H16O2. The van der Waals surface area contributed by atoms with Crippen LogP contribution in [0.4, 0.5) is 0 Å². The van der Waals surface area contributed by atoms with Crippen LogP contribution in [0.1, 0.15) is 53.6 Å². The Balaban J connectivity index is 1.98. The van der Waals surface area contributed by atoms with E-state index in [1.807, 2.05) is 24.3 Å². The summed E-state index contributed by atoms with van der Waals surface area (Å²) in [5, 5.41) is 0. The highest BCUT2D eigenvalue weighted by molar-refractivity contribution is 5.94. The van der Waals surface area contributed by atoms with Crippen molar-refractivity contribution in [3.8, 4) is 0 Å². The molecule has 1 aromatic rings. The van der Waals surface area contributed by atoms with E-state index in [2.05, 4.69) is 12.2 Å². The van der Waals surface area contributed by atoms with Gasteiger partial charge in [-0.15, -0.1) is 0 Å². The van der Waals surface area contributed by atoms with Gasteiger partial charge >= 0.3 is 0 Å². The summed E-state index contributed by atoms with van der Waals surface area (Å²) in [4.78, 5) is 22.8. The van der Waals surface area contributed by atoms with Crippen molar-refractivity contribution < 1.29 is 9.59 Å². The first-order valence-electron chi connectivity index (χ1n) is 6.59. The molecule has 0 fully saturated rings. The van der Waals surface area contributed by atoms with E-state index in [0.29, 0.717) is 18.3 Å². The van der Waals surface area contributed by atoms with Crippen LogP contribution in [-0.4, -0.2) is 11.6 Å². The Hall–Kier alpha value is -1.96. The van der Waals surface area contributed by atoms with Crippen LogP contribution in [0, 0.1) is 0 Å². The van der Waals surface area contributed by atoms with Gasteiger partial charge in [-0.2, -0.15) is 0 Å². The van der Waals surface area contributed by atoms with E-state index in [4.69, 9.17) is 0 Å². The largest absolute Gasteiger partial charge is 0.300 e. The van der Waals surface area contributed by atoms with Crippen LogP contribution in [0.25, 0.3) is 0 Å². The van der Waals surface area contributed by atoms with Crippen LogP contribution in [0.3, 0.4) is 0 Å². The van der Waals surface area contributed by atoms with Gasteiger partial charge in [0.15, 0.2) is 5.78 Å². The standard InChI is InChI=1S/C17H16O2/c1-10(18)8-13-4-3-5-14-16-9-12(11(2)19)6-7-15(16)17(13)14/h3-7,9,14,17H,8H2,1-2H3. The fourth-order valence-corrected chi connectivity index (χ4v) is 3.15. The molecule has 2 aliphatic rings. The van der Waals surface area contributed by atoms with Crippen LogP contribution in [0.5, 0.6) is 0 Å². The molecule has 0 spiro atoms. The molecule has 0 aliphatic heterocycles. The van der Waals surface area contributed by atoms with Crippen LogP contribution in [0.2, 0.25) is 0 Å². The Morgan fingerprint density at radius 3 is 2.63 bits per heavy atom. The van der Waals surface area contributed by atoms with E-state index in [0.717, 1.165) is 5.56 Å². The van der Waals surface area contributed by atoms with Crippen molar-refractivity contribution in [2.24, 2.45) is 0 Å². The first-order valence-corrected chi connectivity index (χ1v) is 6.59. The van der Waals surface area contributed by atoms with Gasteiger partial charge in [0.05, 0.1) is 0 Å². The minimum Gasteiger partial charge on any atom is -0.300 e. The molecule has 0 bridgehead atoms. The molecule has 0 saturated carbocycles. The number of rotatable bonds is 3. The van der Waals surface area contributed by atoms with Gasteiger partial charge < -0.3 is 0 Å². The smallest absolute Gasteiger partial charge is 0.159 e. The van der Waals surface area contributed by atoms with Crippen molar-refractivity contribution in [1.82, 2.24) is 0 Å². The molecule has 0 amide bonds. The van der Waals surface area contributed by atoms with Gasteiger partial charge in [0.2, 0.25) is 0 Å². The monoisotopic (exact) mass is 252 g/mol. The maximum Gasteiger partial charge on any atom is 0.159 e. The van der Waals surface area contributed by atoms with Crippen molar-refractivity contribution in [1.29, 1.82) is 0 Å². The highest BCUT2D eigenvalue weighted by atomic mass is 16.1. The lowest BCUT2D eigenvalue weighted by Crippen LogP contribution is -2.27. The van der Waals surface area contributed by atoms with Crippen molar-refractivity contribution >= 4 is 11.6 Å². The lowest BCUT2D eigenvalue weighted by atomic mass is 9.62. The minimum atomic E-state index is 0.102. The minimum absolute atomic E-state index is 0.102. The highest BCUT2D eigenvalue weighted by Gasteiger charge is 2.39. The fraction of sp³-hybridized carbons (Fsp3) is 0.294. The molecule has 0 radical (unpaired) electrons. The molecule has 0 saturated heterocycles. The predicted molar refractivity (Wildman–Crippen MR) is 74.4 cm³/mol. The lowest BCUT2D eigenvalue weighted by molar-refractivity contribution is -0.116. The number of hydrogen-bond acceptors (Lipinski definition) is 2. The molecule has 2 unspecified atom stereocenters. The normalized spacial score (nSPS) is 22.9. The van der Waals surface area contributed by atoms with Gasteiger partial charge in [0.25, 0.3) is 0 Å². The summed E-state index contributed by atoms with van der Waals surface area (Å²) >= 11 is 0. The van der Waals surface area contributed by atoms with Gasteiger partial charge in [-0.3, -0.25) is 9.59 Å². The summed E-state index contributed by atoms with van der Waals surface area (Å²) in [6.07, 6.45) is 6.78. The average molecular weight is 252 g/mol. The van der Waals surface area contributed by atoms with E-state index in [1.165, 1.54) is 16.7 Å². The number of ketones is 2. The van der Waals surface area contributed by atoms with E-state index in [-0.39, 0.29) is 11.6 Å². The number of hydrogen-bond donors (Lipinski definition) is 0. The maximum atomic E-state index is 11.4. The molecule has 2 heteroatoms. The molecule has 3 rings (SSSR count). The molecule has 2 nitrogen and oxygen atoms in total. The summed E-state index contributed by atoms with van der Waals surface area (Å²) in [7, 11) is 0. The Kier molecular flexibility index (Phi) is 2.74. The topological polar surface area (TPSA) is 34.1 Å². The second-order valence-corrected chi connectivity index (χ2v) is 5.41. The third kappa shape index (κ3) is 1.88. The van der Waals surface area contributed by atoms with Gasteiger partial charge in [0.1, 0.15) is 5.78 Å². The molecule has 2 atom stereocenters. The van der Waals surface area contributed by atoms with Crippen molar-refractivity contribution in [2.45, 2.75) is 32.1 Å². The zero-order valence-corrected chi connectivity index (χ0v) is 11.1. The summed E-state index contributed by atoms with van der Waals surface area (Å²) in [5.41, 5.74) is 4.48. The fourth-order valence-electron chi connectivity index (χ4n) is 3.15. The maximum absolute atomic E-state index is 11.4. The number of benzene rings is 1. The molecular weight excluding hydrogens is 236 g/mol. The van der Waals surface area contributed by atoms with Crippen LogP contribution >= 0.6 is 0 Å². The SMILES string of the molecule is CC(=O)CC1=CC=CC2c3cc(C(C)=O)ccc3C12. The van der Waals surface area contributed by atoms with Gasteiger partial charge in [-0.1, -0.05) is 35.9 Å². The number of carbonyl (C=O) groups excluding carboxylic acids is 2. The Labute approximate surface area is 112 Å². The number of carbonyl (C=O) groups is 2. The molecule has 1 aromatic carbocycles. The predicted octanol–water partition coefficient (Wildman–Crippen LogP) is 3.55. The van der Waals surface area contributed by atoms with E-state index >= 15 is 0 Å². The molecule has 19 heavy (non-hydrogen) atoms. The highest BCUT2D eigenvalue weighted by Crippen LogP contribution is 2.54. The van der Waals surface area contributed by atoms with Gasteiger partial charge in [-0.05, 0) is 31.0 Å². The summed E-state index contributed by atoms with van der Waals surface area (Å²) in [5.74, 6) is 0.984. The third-order valence-corrected chi connectivity index (χ3v) is 4.03. The van der Waals surface area contributed by atoms with Gasteiger partial charge in [-0.25, -0.2) is 0 Å². The van der Waals surface area contributed by atoms with E-state index < -0.39 is 0 Å². The Morgan fingerprint density at radius 1 is 1.16 bits per heavy atom. The van der Waals surface area contributed by atoms with Crippen LogP contribution in [-0.2, 0) is 4.79 Å². The van der Waals surface area contributed by atoms with E-state index in [9.17, 15) is 9.59 Å². The second-order valence-electron chi connectivity index (χ2n) is 5.41. The quantitative estimate of drug-likeness (QED) is 0.771. The number of fused-ring (bicyclic) bond motifs is 4. The summed E-state index contributed by atoms with van der Waals surface area (Å²) in [6, 6.07) is 5.93.